The number of nitrogens with one attached hydrogen (secondary N) is 1. The first-order valence-corrected chi connectivity index (χ1v) is 13.1. The average Bonchev–Trinajstić information content (AvgIpc) is 3.50. The number of hydrogen-bond acceptors (Lipinski definition) is 5. The predicted octanol–water partition coefficient (Wildman–Crippen LogP) is 4.58. The van der Waals surface area contributed by atoms with E-state index in [0.29, 0.717) is 5.56 Å². The second-order valence-electron chi connectivity index (χ2n) is 9.68. The lowest BCUT2D eigenvalue weighted by molar-refractivity contribution is -0.137. The number of ether oxygens (including phenoxy) is 1. The van der Waals surface area contributed by atoms with E-state index in [2.05, 4.69) is 34.7 Å². The standard InChI is InChI=1S/C31H30N4O5/c1-34-29(30(38)35(16-15-28(36)37)19-21-9-3-2-4-10-21)22(18-33-34)17-32-31(39)40-20-27-25-13-7-5-11-23(25)24-12-6-8-14-26(24)27/h2-14,18,27H,15-17,19-20H2,1H3,(H,32,39)(H,36,37). The molecular formula is C31H30N4O5. The summed E-state index contributed by atoms with van der Waals surface area (Å²) < 4.78 is 7.06. The molecule has 0 spiro atoms. The van der Waals surface area contributed by atoms with Crippen molar-refractivity contribution >= 4 is 18.0 Å². The summed E-state index contributed by atoms with van der Waals surface area (Å²) in [4.78, 5) is 39.0. The van der Waals surface area contributed by atoms with E-state index in [1.807, 2.05) is 54.6 Å². The van der Waals surface area contributed by atoms with Gasteiger partial charge in [0.1, 0.15) is 12.3 Å². The molecule has 0 saturated heterocycles. The van der Waals surface area contributed by atoms with Gasteiger partial charge in [0.2, 0.25) is 0 Å². The highest BCUT2D eigenvalue weighted by molar-refractivity contribution is 5.94. The second kappa shape index (κ2) is 11.9. The molecule has 0 aliphatic heterocycles. The molecule has 4 aromatic rings. The fourth-order valence-electron chi connectivity index (χ4n) is 5.14. The van der Waals surface area contributed by atoms with Gasteiger partial charge in [-0.1, -0.05) is 78.9 Å². The molecule has 0 radical (unpaired) electrons. The number of aromatic nitrogens is 2. The maximum atomic E-state index is 13.6. The Balaban J connectivity index is 1.25. The van der Waals surface area contributed by atoms with Gasteiger partial charge in [-0.05, 0) is 27.8 Å². The van der Waals surface area contributed by atoms with Crippen LogP contribution in [0.15, 0.2) is 85.1 Å². The summed E-state index contributed by atoms with van der Waals surface area (Å²) in [7, 11) is 1.64. The molecule has 2 N–H and O–H groups in total. The Hall–Kier alpha value is -4.92. The SMILES string of the molecule is Cn1ncc(CNC(=O)OCC2c3ccccc3-c3ccccc32)c1C(=O)N(CCC(=O)O)Cc1ccccc1. The van der Waals surface area contributed by atoms with E-state index in [4.69, 9.17) is 4.74 Å². The van der Waals surface area contributed by atoms with Crippen LogP contribution in [0.4, 0.5) is 4.79 Å². The number of carbonyl (C=O) groups is 3. The van der Waals surface area contributed by atoms with Crippen molar-refractivity contribution in [1.82, 2.24) is 20.0 Å². The number of carboxylic acid groups (broad SMARTS) is 1. The lowest BCUT2D eigenvalue weighted by atomic mass is 9.98. The van der Waals surface area contributed by atoms with Crippen LogP contribution in [-0.4, -0.2) is 50.9 Å². The number of alkyl carbamates (subject to hydrolysis) is 1. The van der Waals surface area contributed by atoms with Crippen molar-refractivity contribution in [3.05, 3.63) is 113 Å². The van der Waals surface area contributed by atoms with Gasteiger partial charge in [0.15, 0.2) is 0 Å². The highest BCUT2D eigenvalue weighted by Crippen LogP contribution is 2.44. The zero-order valence-corrected chi connectivity index (χ0v) is 22.1. The largest absolute Gasteiger partial charge is 0.481 e. The van der Waals surface area contributed by atoms with E-state index in [0.717, 1.165) is 27.8 Å². The monoisotopic (exact) mass is 538 g/mol. The van der Waals surface area contributed by atoms with Gasteiger partial charge < -0.3 is 20.1 Å². The van der Waals surface area contributed by atoms with Gasteiger partial charge in [0, 0.05) is 31.6 Å². The molecule has 0 bridgehead atoms. The van der Waals surface area contributed by atoms with Gasteiger partial charge in [0.05, 0.1) is 19.2 Å². The Labute approximate surface area is 232 Å². The van der Waals surface area contributed by atoms with Crippen molar-refractivity contribution in [1.29, 1.82) is 0 Å². The Kier molecular flexibility index (Phi) is 7.91. The highest BCUT2D eigenvalue weighted by Gasteiger charge is 2.29. The summed E-state index contributed by atoms with van der Waals surface area (Å²) in [5.74, 6) is -1.42. The minimum atomic E-state index is -0.993. The van der Waals surface area contributed by atoms with Crippen LogP contribution >= 0.6 is 0 Å². The number of nitrogens with zero attached hydrogens (tertiary/aromatic N) is 3. The van der Waals surface area contributed by atoms with Crippen molar-refractivity contribution in [2.24, 2.45) is 7.05 Å². The zero-order chi connectivity index (χ0) is 28.1. The summed E-state index contributed by atoms with van der Waals surface area (Å²) >= 11 is 0. The fraction of sp³-hybridized carbons (Fsp3) is 0.226. The first kappa shape index (κ1) is 26.7. The molecule has 3 aromatic carbocycles. The van der Waals surface area contributed by atoms with E-state index in [9.17, 15) is 19.5 Å². The number of hydrogen-bond donors (Lipinski definition) is 2. The van der Waals surface area contributed by atoms with Crippen LogP contribution in [-0.2, 0) is 29.7 Å². The summed E-state index contributed by atoms with van der Waals surface area (Å²) in [5, 5.41) is 16.2. The minimum absolute atomic E-state index is 0.0314. The fourth-order valence-corrected chi connectivity index (χ4v) is 5.14. The van der Waals surface area contributed by atoms with E-state index < -0.39 is 12.1 Å². The molecule has 1 heterocycles. The first-order valence-electron chi connectivity index (χ1n) is 13.1. The summed E-state index contributed by atoms with van der Waals surface area (Å²) in [6.07, 6.45) is 0.731. The van der Waals surface area contributed by atoms with Crippen molar-refractivity contribution < 1.29 is 24.2 Å². The van der Waals surface area contributed by atoms with Crippen LogP contribution in [0.1, 0.15) is 45.1 Å². The van der Waals surface area contributed by atoms with Crippen LogP contribution in [0, 0.1) is 0 Å². The highest BCUT2D eigenvalue weighted by atomic mass is 16.5. The maximum absolute atomic E-state index is 13.6. The van der Waals surface area contributed by atoms with Gasteiger partial charge in [-0.25, -0.2) is 4.79 Å². The smallest absolute Gasteiger partial charge is 0.407 e. The molecule has 9 heteroatoms. The van der Waals surface area contributed by atoms with Crippen molar-refractivity contribution in [3.63, 3.8) is 0 Å². The molecule has 1 aromatic heterocycles. The number of aliphatic carboxylic acids is 1. The molecule has 0 unspecified atom stereocenters. The quantitative estimate of drug-likeness (QED) is 0.306. The third-order valence-corrected chi connectivity index (χ3v) is 7.08. The summed E-state index contributed by atoms with van der Waals surface area (Å²) in [6, 6.07) is 25.6. The number of fused-ring (bicyclic) bond motifs is 3. The number of rotatable bonds is 10. The third-order valence-electron chi connectivity index (χ3n) is 7.08. The molecular weight excluding hydrogens is 508 g/mol. The van der Waals surface area contributed by atoms with E-state index in [-0.39, 0.29) is 50.2 Å². The zero-order valence-electron chi connectivity index (χ0n) is 22.1. The maximum Gasteiger partial charge on any atom is 0.407 e. The van der Waals surface area contributed by atoms with E-state index >= 15 is 0 Å². The number of aryl methyl sites for hydroxylation is 1. The lowest BCUT2D eigenvalue weighted by Gasteiger charge is -2.23. The van der Waals surface area contributed by atoms with Crippen LogP contribution in [0.3, 0.4) is 0 Å². The molecule has 40 heavy (non-hydrogen) atoms. The third kappa shape index (κ3) is 5.73. The van der Waals surface area contributed by atoms with Crippen LogP contribution < -0.4 is 5.32 Å². The van der Waals surface area contributed by atoms with Crippen molar-refractivity contribution in [2.45, 2.75) is 25.4 Å². The van der Waals surface area contributed by atoms with Crippen LogP contribution in [0.2, 0.25) is 0 Å². The molecule has 5 rings (SSSR count). The number of amides is 2. The van der Waals surface area contributed by atoms with Crippen molar-refractivity contribution in [2.75, 3.05) is 13.2 Å². The van der Waals surface area contributed by atoms with Gasteiger partial charge in [-0.2, -0.15) is 5.10 Å². The minimum Gasteiger partial charge on any atom is -0.481 e. The average molecular weight is 539 g/mol. The molecule has 0 fully saturated rings. The Morgan fingerprint density at radius 1 is 0.950 bits per heavy atom. The molecule has 0 saturated carbocycles. The summed E-state index contributed by atoms with van der Waals surface area (Å²) in [5.41, 5.74) is 6.20. The van der Waals surface area contributed by atoms with Gasteiger partial charge in [0.25, 0.3) is 5.91 Å². The van der Waals surface area contributed by atoms with Crippen molar-refractivity contribution in [3.8, 4) is 11.1 Å². The molecule has 9 nitrogen and oxygen atoms in total. The van der Waals surface area contributed by atoms with E-state index in [1.54, 1.807) is 7.05 Å². The second-order valence-corrected chi connectivity index (χ2v) is 9.68. The first-order chi connectivity index (χ1) is 19.4. The molecule has 204 valence electrons. The number of carboxylic acids is 1. The normalized spacial score (nSPS) is 11.9. The Morgan fingerprint density at radius 2 is 1.57 bits per heavy atom. The molecule has 0 atom stereocenters. The topological polar surface area (TPSA) is 114 Å². The number of carbonyl (C=O) groups excluding carboxylic acids is 2. The molecule has 2 amide bonds. The number of benzene rings is 3. The van der Waals surface area contributed by atoms with Crippen LogP contribution in [0.5, 0.6) is 0 Å². The molecule has 1 aliphatic rings. The van der Waals surface area contributed by atoms with E-state index in [1.165, 1.54) is 15.8 Å². The van der Waals surface area contributed by atoms with Gasteiger partial charge in [-0.3, -0.25) is 14.3 Å². The Morgan fingerprint density at radius 3 is 2.23 bits per heavy atom. The van der Waals surface area contributed by atoms with Gasteiger partial charge in [-0.15, -0.1) is 0 Å². The van der Waals surface area contributed by atoms with Gasteiger partial charge >= 0.3 is 12.1 Å². The summed E-state index contributed by atoms with van der Waals surface area (Å²) in [6.45, 7) is 0.493. The lowest BCUT2D eigenvalue weighted by Crippen LogP contribution is -2.35. The predicted molar refractivity (Wildman–Crippen MR) is 149 cm³/mol. The molecule has 1 aliphatic carbocycles. The van der Waals surface area contributed by atoms with Crippen LogP contribution in [0.25, 0.3) is 11.1 Å². The Bertz CT molecular complexity index is 1490.